The molecule has 0 saturated heterocycles. The Balaban J connectivity index is 1.94. The lowest BCUT2D eigenvalue weighted by Gasteiger charge is -2.30. The van der Waals surface area contributed by atoms with E-state index in [0.29, 0.717) is 18.7 Å². The molecule has 6 nitrogen and oxygen atoms in total. The maximum Gasteiger partial charge on any atom is 0.414 e. The summed E-state index contributed by atoms with van der Waals surface area (Å²) in [4.78, 5) is 29.6. The van der Waals surface area contributed by atoms with E-state index in [9.17, 15) is 9.59 Å². The monoisotopic (exact) mass is 379 g/mol. The van der Waals surface area contributed by atoms with Crippen molar-refractivity contribution in [3.05, 3.63) is 71.4 Å². The average Bonchev–Trinajstić information content (AvgIpc) is 2.68. The van der Waals surface area contributed by atoms with Crippen LogP contribution in [0.4, 0.5) is 10.5 Å². The van der Waals surface area contributed by atoms with Crippen molar-refractivity contribution in [3.8, 4) is 5.75 Å². The zero-order chi connectivity index (χ0) is 20.3. The largest absolute Gasteiger partial charge is 0.414 e. The number of hydrogen-bond donors (Lipinski definition) is 0. The summed E-state index contributed by atoms with van der Waals surface area (Å²) in [5.74, 6) is 0.505. The lowest BCUT2D eigenvalue weighted by molar-refractivity contribution is -0.124. The second kappa shape index (κ2) is 8.17. The minimum Gasteiger partial charge on any atom is -0.410 e. The van der Waals surface area contributed by atoms with Gasteiger partial charge in [0.05, 0.1) is 6.54 Å². The Morgan fingerprint density at radius 2 is 1.64 bits per heavy atom. The van der Waals surface area contributed by atoms with Crippen LogP contribution in [0.5, 0.6) is 5.75 Å². The summed E-state index contributed by atoms with van der Waals surface area (Å²) in [7, 11) is 6.80. The van der Waals surface area contributed by atoms with Gasteiger partial charge in [-0.3, -0.25) is 4.79 Å². The highest BCUT2D eigenvalue weighted by Gasteiger charge is 2.23. The number of carbonyl (C=O) groups is 2. The highest BCUT2D eigenvalue weighted by Crippen LogP contribution is 2.32. The van der Waals surface area contributed by atoms with Gasteiger partial charge in [0, 0.05) is 57.6 Å². The first kappa shape index (κ1) is 19.5. The number of amides is 2. The summed E-state index contributed by atoms with van der Waals surface area (Å²) < 4.78 is 5.51. The molecule has 1 aliphatic rings. The van der Waals surface area contributed by atoms with Gasteiger partial charge in [-0.1, -0.05) is 36.4 Å². The number of nitrogens with zero attached hydrogens (tertiary/aromatic N) is 3. The van der Waals surface area contributed by atoms with Crippen molar-refractivity contribution < 1.29 is 14.3 Å². The van der Waals surface area contributed by atoms with Crippen LogP contribution in [0.2, 0.25) is 0 Å². The number of likely N-dealkylation sites (N-methyl/N-ethyl adjacent to an activating group) is 1. The van der Waals surface area contributed by atoms with Gasteiger partial charge in [-0.25, -0.2) is 4.79 Å². The summed E-state index contributed by atoms with van der Waals surface area (Å²) in [5.41, 5.74) is 3.73. The lowest BCUT2D eigenvalue weighted by Crippen LogP contribution is -2.30. The third kappa shape index (κ3) is 4.17. The number of ether oxygens (including phenoxy) is 1. The molecule has 28 heavy (non-hydrogen) atoms. The lowest BCUT2D eigenvalue weighted by atomic mass is 9.98. The predicted octanol–water partition coefficient (Wildman–Crippen LogP) is 3.28. The van der Waals surface area contributed by atoms with Crippen LogP contribution in [0.3, 0.4) is 0 Å². The highest BCUT2D eigenvalue weighted by molar-refractivity contribution is 5.95. The number of fused-ring (bicyclic) bond motifs is 1. The van der Waals surface area contributed by atoms with Crippen LogP contribution in [0, 0.1) is 0 Å². The van der Waals surface area contributed by atoms with Gasteiger partial charge >= 0.3 is 6.09 Å². The molecule has 0 aromatic heterocycles. The Hall–Kier alpha value is -3.28. The molecule has 3 rings (SSSR count). The molecule has 2 amide bonds. The molecule has 0 radical (unpaired) electrons. The summed E-state index contributed by atoms with van der Waals surface area (Å²) in [6.45, 7) is 0.484. The Bertz CT molecular complexity index is 919. The van der Waals surface area contributed by atoms with Crippen molar-refractivity contribution in [1.29, 1.82) is 0 Å². The molecule has 1 heterocycles. The van der Waals surface area contributed by atoms with Crippen LogP contribution in [0.15, 0.2) is 60.3 Å². The minimum atomic E-state index is -0.425. The first-order chi connectivity index (χ1) is 13.4. The zero-order valence-electron chi connectivity index (χ0n) is 16.7. The second-order valence-corrected chi connectivity index (χ2v) is 7.16. The molecule has 2 aromatic rings. The van der Waals surface area contributed by atoms with E-state index in [1.165, 1.54) is 4.90 Å². The molecule has 146 valence electrons. The fourth-order valence-corrected chi connectivity index (χ4v) is 3.10. The van der Waals surface area contributed by atoms with E-state index in [2.05, 4.69) is 0 Å². The van der Waals surface area contributed by atoms with Crippen molar-refractivity contribution in [2.45, 2.75) is 13.0 Å². The Labute approximate surface area is 165 Å². The summed E-state index contributed by atoms with van der Waals surface area (Å²) in [6, 6.07) is 15.5. The molecule has 1 aliphatic heterocycles. The molecule has 0 bridgehead atoms. The van der Waals surface area contributed by atoms with Crippen molar-refractivity contribution in [2.75, 3.05) is 33.1 Å². The zero-order valence-corrected chi connectivity index (χ0v) is 16.7. The molecule has 0 saturated carbocycles. The molecule has 0 spiro atoms. The van der Waals surface area contributed by atoms with Gasteiger partial charge in [-0.05, 0) is 17.7 Å². The van der Waals surface area contributed by atoms with Gasteiger partial charge in [0.15, 0.2) is 0 Å². The summed E-state index contributed by atoms with van der Waals surface area (Å²) >= 11 is 0. The molecule has 0 N–H and O–H groups in total. The standard InChI is InChI=1S/C22H25N3O3/c1-23(2)21(26)18-13-16-9-5-7-11-19(16)25(15-18)14-17-10-6-8-12-20(17)28-22(27)24(3)4/h5-12,15H,13-14H2,1-4H3. The molecule has 6 heteroatoms. The Kier molecular flexibility index (Phi) is 5.68. The normalized spacial score (nSPS) is 12.7. The molecular weight excluding hydrogens is 354 g/mol. The van der Waals surface area contributed by atoms with Crippen LogP contribution in [0.25, 0.3) is 0 Å². The topological polar surface area (TPSA) is 53.1 Å². The van der Waals surface area contributed by atoms with Crippen molar-refractivity contribution in [1.82, 2.24) is 9.80 Å². The Morgan fingerprint density at radius 3 is 2.36 bits per heavy atom. The maximum absolute atomic E-state index is 12.5. The molecule has 0 fully saturated rings. The molecule has 0 aliphatic carbocycles. The van der Waals surface area contributed by atoms with Crippen LogP contribution in [0.1, 0.15) is 11.1 Å². The molecule has 0 unspecified atom stereocenters. The maximum atomic E-state index is 12.5. The number of hydrogen-bond acceptors (Lipinski definition) is 4. The molecule has 2 aromatic carbocycles. The van der Waals surface area contributed by atoms with Gasteiger partial charge in [0.2, 0.25) is 0 Å². The predicted molar refractivity (Wildman–Crippen MR) is 109 cm³/mol. The van der Waals surface area contributed by atoms with Crippen LogP contribution in [-0.4, -0.2) is 50.0 Å². The first-order valence-electron chi connectivity index (χ1n) is 9.10. The van der Waals surface area contributed by atoms with E-state index in [1.807, 2.05) is 53.6 Å². The number of carbonyl (C=O) groups excluding carboxylic acids is 2. The molecule has 0 atom stereocenters. The third-order valence-electron chi connectivity index (χ3n) is 4.55. The van der Waals surface area contributed by atoms with Crippen molar-refractivity contribution in [2.24, 2.45) is 0 Å². The van der Waals surface area contributed by atoms with Crippen LogP contribution < -0.4 is 9.64 Å². The van der Waals surface area contributed by atoms with Gasteiger partial charge < -0.3 is 19.4 Å². The highest BCUT2D eigenvalue weighted by atomic mass is 16.6. The van der Waals surface area contributed by atoms with E-state index in [4.69, 9.17) is 4.74 Å². The van der Waals surface area contributed by atoms with E-state index >= 15 is 0 Å². The Morgan fingerprint density at radius 1 is 0.964 bits per heavy atom. The average molecular weight is 379 g/mol. The van der Waals surface area contributed by atoms with E-state index in [0.717, 1.165) is 22.4 Å². The minimum absolute atomic E-state index is 0.00757. The van der Waals surface area contributed by atoms with Gasteiger partial charge in [-0.2, -0.15) is 0 Å². The van der Waals surface area contributed by atoms with Crippen molar-refractivity contribution in [3.63, 3.8) is 0 Å². The van der Waals surface area contributed by atoms with Gasteiger partial charge in [0.1, 0.15) is 5.75 Å². The number of para-hydroxylation sites is 2. The fourth-order valence-electron chi connectivity index (χ4n) is 3.10. The number of benzene rings is 2. The van der Waals surface area contributed by atoms with E-state index < -0.39 is 6.09 Å². The third-order valence-corrected chi connectivity index (χ3v) is 4.55. The van der Waals surface area contributed by atoms with Crippen molar-refractivity contribution >= 4 is 17.7 Å². The number of rotatable bonds is 4. The van der Waals surface area contributed by atoms with Gasteiger partial charge in [0.25, 0.3) is 5.91 Å². The smallest absolute Gasteiger partial charge is 0.410 e. The van der Waals surface area contributed by atoms with Crippen LogP contribution in [-0.2, 0) is 17.8 Å². The SMILES string of the molecule is CN(C)C(=O)Oc1ccccc1CN1C=C(C(=O)N(C)C)Cc2ccccc21. The fraction of sp³-hybridized carbons (Fsp3) is 0.273. The van der Waals surface area contributed by atoms with E-state index in [1.54, 1.807) is 39.2 Å². The van der Waals surface area contributed by atoms with E-state index in [-0.39, 0.29) is 5.91 Å². The molecular formula is C22H25N3O3. The summed E-state index contributed by atoms with van der Waals surface area (Å²) in [6.07, 6.45) is 2.07. The van der Waals surface area contributed by atoms with Gasteiger partial charge in [-0.15, -0.1) is 0 Å². The quantitative estimate of drug-likeness (QED) is 0.818. The number of anilines is 1. The summed E-state index contributed by atoms with van der Waals surface area (Å²) in [5, 5.41) is 0. The van der Waals surface area contributed by atoms with Crippen LogP contribution >= 0.6 is 0 Å². The second-order valence-electron chi connectivity index (χ2n) is 7.16. The first-order valence-corrected chi connectivity index (χ1v) is 9.10.